The molecular weight excluding hydrogens is 761 g/mol. The van der Waals surface area contributed by atoms with Crippen LogP contribution in [0.2, 0.25) is 0 Å². The molecule has 0 aliphatic carbocycles. The first kappa shape index (κ1) is 35.8. The molecule has 0 bridgehead atoms. The topological polar surface area (TPSA) is 72.9 Å². The highest BCUT2D eigenvalue weighted by Gasteiger charge is 2.37. The summed E-state index contributed by atoms with van der Waals surface area (Å²) in [7, 11) is 0. The molecule has 62 heavy (non-hydrogen) atoms. The highest BCUT2D eigenvalue weighted by Crippen LogP contribution is 2.52. The summed E-state index contributed by atoms with van der Waals surface area (Å²) in [5.41, 5.74) is 14.2. The number of fused-ring (bicyclic) bond motifs is 6. The molecule has 0 amide bonds. The summed E-state index contributed by atoms with van der Waals surface area (Å²) < 4.78 is 8.64. The molecule has 7 heteroatoms. The normalized spacial score (nSPS) is 13.1. The van der Waals surface area contributed by atoms with E-state index in [4.69, 9.17) is 24.4 Å². The summed E-state index contributed by atoms with van der Waals surface area (Å²) in [6.45, 7) is 4.67. The number of rotatable bonds is 6. The van der Waals surface area contributed by atoms with Gasteiger partial charge >= 0.3 is 0 Å². The van der Waals surface area contributed by atoms with Crippen molar-refractivity contribution in [3.63, 3.8) is 0 Å². The molecule has 1 aliphatic rings. The number of benzene rings is 8. The number of nitrogens with zero attached hydrogens (tertiary/aromatic N) is 6. The third-order valence-corrected chi connectivity index (χ3v) is 12.3. The van der Waals surface area contributed by atoms with Crippen LogP contribution >= 0.6 is 0 Å². The van der Waals surface area contributed by atoms with E-state index in [1.54, 1.807) is 0 Å². The van der Waals surface area contributed by atoms with Crippen molar-refractivity contribution in [2.45, 2.75) is 19.3 Å². The Bertz CT molecular complexity index is 3430. The highest BCUT2D eigenvalue weighted by molar-refractivity contribution is 6.13. The number of para-hydroxylation sites is 2. The molecule has 8 aromatic carbocycles. The lowest BCUT2D eigenvalue weighted by Gasteiger charge is -2.42. The average Bonchev–Trinajstić information content (AvgIpc) is 3.90. The standard InChI is InChI=1S/C55H38N6O/c1-55(2)43-25-15-16-26-47(43)60(40-23-13-6-14-24-40)48-30-28-39(32-44(48)55)38-27-29-46-41(31-38)42-33-50-45(56-53(62-50)37-21-11-5-12-22-37)34-49(42)61(46)54-58-51(35-17-7-3-8-18-35)57-52(59-54)36-19-9-4-10-20-36/h3-34H,1-2H3. The molecule has 12 rings (SSSR count). The summed E-state index contributed by atoms with van der Waals surface area (Å²) in [6.07, 6.45) is 0. The molecule has 0 saturated carbocycles. The third-order valence-electron chi connectivity index (χ3n) is 12.3. The SMILES string of the molecule is CC1(C)c2ccccc2N(c2ccccc2)c2ccc(-c3ccc4c(c3)c3cc5oc(-c6ccccc6)nc5cc3n4-c3nc(-c4ccccc4)nc(-c4ccccc4)n3)cc21. The summed E-state index contributed by atoms with van der Waals surface area (Å²) in [4.78, 5) is 22.8. The van der Waals surface area contributed by atoms with Crippen molar-refractivity contribution in [1.82, 2.24) is 24.5 Å². The second kappa shape index (κ2) is 14.0. The van der Waals surface area contributed by atoms with E-state index in [-0.39, 0.29) is 5.41 Å². The Labute approximate surface area is 358 Å². The molecular formula is C55H38N6O. The van der Waals surface area contributed by atoms with Gasteiger partial charge in [-0.25, -0.2) is 9.97 Å². The first-order valence-electron chi connectivity index (χ1n) is 20.9. The van der Waals surface area contributed by atoms with Crippen LogP contribution in [-0.4, -0.2) is 24.5 Å². The molecule has 0 saturated heterocycles. The third kappa shape index (κ3) is 5.74. The molecule has 0 unspecified atom stereocenters. The number of hydrogen-bond donors (Lipinski definition) is 0. The van der Waals surface area contributed by atoms with E-state index < -0.39 is 0 Å². The van der Waals surface area contributed by atoms with E-state index in [2.05, 4.69) is 126 Å². The maximum absolute atomic E-state index is 6.49. The van der Waals surface area contributed by atoms with E-state index in [9.17, 15) is 0 Å². The van der Waals surface area contributed by atoms with Gasteiger partial charge in [0.05, 0.1) is 22.4 Å². The highest BCUT2D eigenvalue weighted by atomic mass is 16.3. The van der Waals surface area contributed by atoms with Gasteiger partial charge in [-0.2, -0.15) is 9.97 Å². The van der Waals surface area contributed by atoms with Crippen LogP contribution in [0.3, 0.4) is 0 Å². The van der Waals surface area contributed by atoms with Crippen LogP contribution in [0.4, 0.5) is 17.1 Å². The Kier molecular flexibility index (Phi) is 8.05. The fourth-order valence-corrected chi connectivity index (χ4v) is 9.18. The fraction of sp³-hybridized carbons (Fsp3) is 0.0545. The predicted octanol–water partition coefficient (Wildman–Crippen LogP) is 13.9. The van der Waals surface area contributed by atoms with Gasteiger partial charge in [0.15, 0.2) is 17.2 Å². The van der Waals surface area contributed by atoms with E-state index in [1.807, 2.05) is 91.0 Å². The number of oxazole rings is 1. The van der Waals surface area contributed by atoms with Gasteiger partial charge in [-0.3, -0.25) is 4.57 Å². The van der Waals surface area contributed by atoms with E-state index in [1.165, 1.54) is 22.5 Å². The maximum Gasteiger partial charge on any atom is 0.238 e. The summed E-state index contributed by atoms with van der Waals surface area (Å²) >= 11 is 0. The fourth-order valence-electron chi connectivity index (χ4n) is 9.18. The van der Waals surface area contributed by atoms with E-state index >= 15 is 0 Å². The van der Waals surface area contributed by atoms with Gasteiger partial charge < -0.3 is 9.32 Å². The smallest absolute Gasteiger partial charge is 0.238 e. The Morgan fingerprint density at radius 3 is 1.69 bits per heavy atom. The Morgan fingerprint density at radius 1 is 0.435 bits per heavy atom. The molecule has 0 spiro atoms. The van der Waals surface area contributed by atoms with Crippen molar-refractivity contribution >= 4 is 50.0 Å². The number of anilines is 3. The van der Waals surface area contributed by atoms with Crippen LogP contribution in [0.1, 0.15) is 25.0 Å². The predicted molar refractivity (Wildman–Crippen MR) is 250 cm³/mol. The van der Waals surface area contributed by atoms with Gasteiger partial charge in [0.1, 0.15) is 5.52 Å². The summed E-state index contributed by atoms with van der Waals surface area (Å²) in [5.74, 6) is 2.28. The van der Waals surface area contributed by atoms with Crippen LogP contribution < -0.4 is 4.90 Å². The van der Waals surface area contributed by atoms with Crippen LogP contribution in [0.5, 0.6) is 0 Å². The van der Waals surface area contributed by atoms with Crippen LogP contribution in [-0.2, 0) is 5.41 Å². The quantitative estimate of drug-likeness (QED) is 0.167. The van der Waals surface area contributed by atoms with Crippen LogP contribution in [0.25, 0.3) is 84.2 Å². The molecule has 7 nitrogen and oxygen atoms in total. The minimum Gasteiger partial charge on any atom is -0.436 e. The van der Waals surface area contributed by atoms with Gasteiger partial charge in [-0.15, -0.1) is 0 Å². The first-order valence-corrected chi connectivity index (χ1v) is 20.9. The van der Waals surface area contributed by atoms with Crippen LogP contribution in [0, 0.1) is 0 Å². The zero-order valence-electron chi connectivity index (χ0n) is 34.1. The molecule has 0 radical (unpaired) electrons. The van der Waals surface area contributed by atoms with Crippen molar-refractivity contribution in [2.75, 3.05) is 4.90 Å². The van der Waals surface area contributed by atoms with Crippen molar-refractivity contribution in [3.05, 3.63) is 205 Å². The molecule has 1 aliphatic heterocycles. The van der Waals surface area contributed by atoms with Gasteiger partial charge in [-0.1, -0.05) is 141 Å². The van der Waals surface area contributed by atoms with Crippen molar-refractivity contribution in [3.8, 4) is 51.3 Å². The molecule has 294 valence electrons. The Morgan fingerprint density at radius 2 is 1.00 bits per heavy atom. The van der Waals surface area contributed by atoms with Crippen molar-refractivity contribution in [2.24, 2.45) is 0 Å². The largest absolute Gasteiger partial charge is 0.436 e. The summed E-state index contributed by atoms with van der Waals surface area (Å²) in [5, 5.41) is 2.06. The Balaban J connectivity index is 1.09. The lowest BCUT2D eigenvalue weighted by molar-refractivity contribution is 0.620. The number of aromatic nitrogens is 5. The second-order valence-corrected chi connectivity index (χ2v) is 16.3. The molecule has 0 N–H and O–H groups in total. The molecule has 0 fully saturated rings. The zero-order chi connectivity index (χ0) is 41.4. The molecule has 3 aromatic heterocycles. The van der Waals surface area contributed by atoms with Gasteiger partial charge in [0.2, 0.25) is 11.8 Å². The maximum atomic E-state index is 6.49. The minimum atomic E-state index is -0.243. The van der Waals surface area contributed by atoms with E-state index in [0.717, 1.165) is 60.8 Å². The molecule has 11 aromatic rings. The molecule has 0 atom stereocenters. The monoisotopic (exact) mass is 798 g/mol. The van der Waals surface area contributed by atoms with Gasteiger partial charge in [-0.05, 0) is 89.0 Å². The van der Waals surface area contributed by atoms with Crippen LogP contribution in [0.15, 0.2) is 199 Å². The van der Waals surface area contributed by atoms with Gasteiger partial charge in [0, 0.05) is 38.6 Å². The minimum absolute atomic E-state index is 0.243. The second-order valence-electron chi connectivity index (χ2n) is 16.3. The van der Waals surface area contributed by atoms with Crippen molar-refractivity contribution in [1.29, 1.82) is 0 Å². The van der Waals surface area contributed by atoms with Gasteiger partial charge in [0.25, 0.3) is 0 Å². The Hall–Kier alpha value is -8.16. The first-order chi connectivity index (χ1) is 30.5. The average molecular weight is 799 g/mol. The van der Waals surface area contributed by atoms with Crippen molar-refractivity contribution < 1.29 is 4.42 Å². The summed E-state index contributed by atoms with van der Waals surface area (Å²) in [6, 6.07) is 67.5. The zero-order valence-corrected chi connectivity index (χ0v) is 34.1. The lowest BCUT2D eigenvalue weighted by Crippen LogP contribution is -2.30. The lowest BCUT2D eigenvalue weighted by atomic mass is 9.73. The molecule has 4 heterocycles. The number of hydrogen-bond acceptors (Lipinski definition) is 6. The van der Waals surface area contributed by atoms with E-state index in [0.29, 0.717) is 29.1 Å².